The van der Waals surface area contributed by atoms with Gasteiger partial charge < -0.3 is 10.0 Å². The molecule has 0 bridgehead atoms. The maximum absolute atomic E-state index is 12.1. The fourth-order valence-corrected chi connectivity index (χ4v) is 2.90. The van der Waals surface area contributed by atoms with Crippen LogP contribution in [0.4, 0.5) is 0 Å². The van der Waals surface area contributed by atoms with Crippen LogP contribution in [0.3, 0.4) is 0 Å². The molecule has 1 aliphatic rings. The molecule has 90 valence electrons. The van der Waals surface area contributed by atoms with Gasteiger partial charge in [0.2, 0.25) is 0 Å². The zero-order chi connectivity index (χ0) is 12.4. The molecule has 1 saturated heterocycles. The largest absolute Gasteiger partial charge is 0.480 e. The predicted molar refractivity (Wildman–Crippen MR) is 66.9 cm³/mol. The monoisotopic (exact) mass is 316 g/mol. The van der Waals surface area contributed by atoms with E-state index >= 15 is 0 Å². The molecule has 0 unspecified atom stereocenters. The number of nitrogens with zero attached hydrogens (tertiary/aromatic N) is 2. The Morgan fingerprint density at radius 2 is 2.29 bits per heavy atom. The number of halogens is 1. The molecular formula is C10H9BrN2O3S. The van der Waals surface area contributed by atoms with Crippen LogP contribution in [-0.4, -0.2) is 44.5 Å². The number of carbonyl (C=O) groups is 2. The minimum absolute atomic E-state index is 0.289. The number of carboxylic acids is 1. The van der Waals surface area contributed by atoms with E-state index in [1.807, 2.05) is 0 Å². The number of rotatable bonds is 2. The van der Waals surface area contributed by atoms with Gasteiger partial charge in [0.05, 0.1) is 11.4 Å². The van der Waals surface area contributed by atoms with Gasteiger partial charge in [0, 0.05) is 11.9 Å². The fourth-order valence-electron chi connectivity index (χ4n) is 1.52. The molecule has 2 rings (SSSR count). The normalized spacial score (nSPS) is 19.4. The molecule has 0 aliphatic carbocycles. The first kappa shape index (κ1) is 12.4. The highest BCUT2D eigenvalue weighted by Gasteiger charge is 2.34. The van der Waals surface area contributed by atoms with Crippen molar-refractivity contribution in [2.24, 2.45) is 0 Å². The number of pyridine rings is 1. The number of aliphatic carboxylic acids is 1. The van der Waals surface area contributed by atoms with Crippen molar-refractivity contribution < 1.29 is 14.7 Å². The molecule has 0 saturated carbocycles. The second kappa shape index (κ2) is 5.05. The van der Waals surface area contributed by atoms with Crippen molar-refractivity contribution in [2.75, 3.05) is 11.6 Å². The second-order valence-corrected chi connectivity index (χ2v) is 5.31. The van der Waals surface area contributed by atoms with Crippen LogP contribution in [0.5, 0.6) is 0 Å². The third kappa shape index (κ3) is 2.61. The standard InChI is InChI=1S/C10H9BrN2O3S/c11-8-2-1-6(3-12-8)9(14)13-5-17-4-7(13)10(15)16/h1-3,7H,4-5H2,(H,15,16)/t7-/m0/s1. The summed E-state index contributed by atoms with van der Waals surface area (Å²) in [6.45, 7) is 0. The highest BCUT2D eigenvalue weighted by molar-refractivity contribution is 9.10. The van der Waals surface area contributed by atoms with Gasteiger partial charge in [0.25, 0.3) is 5.91 Å². The summed E-state index contributed by atoms with van der Waals surface area (Å²) in [5.74, 6) is -0.410. The van der Waals surface area contributed by atoms with E-state index in [1.165, 1.54) is 22.9 Å². The summed E-state index contributed by atoms with van der Waals surface area (Å²) < 4.78 is 0.639. The lowest BCUT2D eigenvalue weighted by Crippen LogP contribution is -2.41. The average molecular weight is 317 g/mol. The second-order valence-electron chi connectivity index (χ2n) is 3.50. The van der Waals surface area contributed by atoms with Crippen LogP contribution in [0.25, 0.3) is 0 Å². The van der Waals surface area contributed by atoms with Crippen LogP contribution in [-0.2, 0) is 4.79 Å². The first-order valence-electron chi connectivity index (χ1n) is 4.82. The molecule has 0 spiro atoms. The van der Waals surface area contributed by atoms with Crippen LogP contribution in [0, 0.1) is 0 Å². The lowest BCUT2D eigenvalue weighted by molar-refractivity contribution is -0.140. The van der Waals surface area contributed by atoms with E-state index in [2.05, 4.69) is 20.9 Å². The summed E-state index contributed by atoms with van der Waals surface area (Å²) in [7, 11) is 0. The average Bonchev–Trinajstić information content (AvgIpc) is 2.78. The Labute approximate surface area is 110 Å². The lowest BCUT2D eigenvalue weighted by Gasteiger charge is -2.20. The molecule has 1 N–H and O–H groups in total. The van der Waals surface area contributed by atoms with Crippen molar-refractivity contribution in [3.05, 3.63) is 28.5 Å². The molecule has 1 fully saturated rings. The topological polar surface area (TPSA) is 70.5 Å². The van der Waals surface area contributed by atoms with Gasteiger partial charge in [-0.25, -0.2) is 9.78 Å². The van der Waals surface area contributed by atoms with Gasteiger partial charge in [-0.3, -0.25) is 4.79 Å². The van der Waals surface area contributed by atoms with Gasteiger partial charge in [0.15, 0.2) is 0 Å². The molecule has 0 aromatic carbocycles. The first-order chi connectivity index (χ1) is 8.09. The molecule has 17 heavy (non-hydrogen) atoms. The summed E-state index contributed by atoms with van der Waals surface area (Å²) in [5, 5.41) is 8.99. The number of carbonyl (C=O) groups excluding carboxylic acids is 1. The summed E-state index contributed by atoms with van der Waals surface area (Å²) in [4.78, 5) is 28.4. The van der Waals surface area contributed by atoms with Crippen molar-refractivity contribution in [2.45, 2.75) is 6.04 Å². The van der Waals surface area contributed by atoms with Crippen molar-refractivity contribution in [1.29, 1.82) is 0 Å². The van der Waals surface area contributed by atoms with E-state index in [0.717, 1.165) is 0 Å². The molecule has 1 aromatic heterocycles. The molecule has 5 nitrogen and oxygen atoms in total. The minimum Gasteiger partial charge on any atom is -0.480 e. The fraction of sp³-hybridized carbons (Fsp3) is 0.300. The number of thioether (sulfide) groups is 1. The molecule has 1 amide bonds. The number of amides is 1. The summed E-state index contributed by atoms with van der Waals surface area (Å²) in [6.07, 6.45) is 1.44. The van der Waals surface area contributed by atoms with Gasteiger partial charge in [-0.2, -0.15) is 0 Å². The first-order valence-corrected chi connectivity index (χ1v) is 6.77. The van der Waals surface area contributed by atoms with Gasteiger partial charge >= 0.3 is 5.97 Å². The Balaban J connectivity index is 2.19. The van der Waals surface area contributed by atoms with Gasteiger partial charge in [-0.1, -0.05) is 0 Å². The molecule has 1 atom stereocenters. The third-order valence-electron chi connectivity index (χ3n) is 2.40. The SMILES string of the molecule is O=C(O)[C@@H]1CSCN1C(=O)c1ccc(Br)nc1. The molecule has 0 radical (unpaired) electrons. The van der Waals surface area contributed by atoms with E-state index in [-0.39, 0.29) is 5.91 Å². The number of hydrogen-bond donors (Lipinski definition) is 1. The Bertz CT molecular complexity index is 451. The molecule has 2 heterocycles. The summed E-state index contributed by atoms with van der Waals surface area (Å²) >= 11 is 4.62. The maximum Gasteiger partial charge on any atom is 0.327 e. The minimum atomic E-state index is -0.964. The van der Waals surface area contributed by atoms with Crippen LogP contribution in [0.2, 0.25) is 0 Å². The van der Waals surface area contributed by atoms with Gasteiger partial charge in [0.1, 0.15) is 10.6 Å². The number of aromatic nitrogens is 1. The lowest BCUT2D eigenvalue weighted by atomic mass is 10.2. The zero-order valence-electron chi connectivity index (χ0n) is 8.67. The Morgan fingerprint density at radius 1 is 1.53 bits per heavy atom. The summed E-state index contributed by atoms with van der Waals surface area (Å²) in [6, 6.07) is 2.55. The Morgan fingerprint density at radius 3 is 2.88 bits per heavy atom. The van der Waals surface area contributed by atoms with E-state index in [9.17, 15) is 9.59 Å². The van der Waals surface area contributed by atoms with Crippen LogP contribution in [0.1, 0.15) is 10.4 Å². The van der Waals surface area contributed by atoms with E-state index in [1.54, 1.807) is 12.1 Å². The molecule has 7 heteroatoms. The number of carboxylic acid groups (broad SMARTS) is 1. The van der Waals surface area contributed by atoms with E-state index in [4.69, 9.17) is 5.11 Å². The van der Waals surface area contributed by atoms with Gasteiger partial charge in [-0.15, -0.1) is 11.8 Å². The highest BCUT2D eigenvalue weighted by atomic mass is 79.9. The van der Waals surface area contributed by atoms with Crippen molar-refractivity contribution in [1.82, 2.24) is 9.88 Å². The third-order valence-corrected chi connectivity index (χ3v) is 3.88. The highest BCUT2D eigenvalue weighted by Crippen LogP contribution is 2.23. The molecule has 1 aromatic rings. The number of hydrogen-bond acceptors (Lipinski definition) is 4. The Kier molecular flexibility index (Phi) is 3.68. The van der Waals surface area contributed by atoms with Crippen LogP contribution in [0.15, 0.2) is 22.9 Å². The van der Waals surface area contributed by atoms with Crippen LogP contribution >= 0.6 is 27.7 Å². The zero-order valence-corrected chi connectivity index (χ0v) is 11.1. The summed E-state index contributed by atoms with van der Waals surface area (Å²) in [5.41, 5.74) is 0.405. The predicted octanol–water partition coefficient (Wildman–Crippen LogP) is 1.44. The quantitative estimate of drug-likeness (QED) is 0.836. The smallest absolute Gasteiger partial charge is 0.327 e. The molecular weight excluding hydrogens is 308 g/mol. The maximum atomic E-state index is 12.1. The van der Waals surface area contributed by atoms with Crippen molar-refractivity contribution in [3.8, 4) is 0 Å². The van der Waals surface area contributed by atoms with Crippen molar-refractivity contribution >= 4 is 39.6 Å². The molecule has 1 aliphatic heterocycles. The van der Waals surface area contributed by atoms with Crippen LogP contribution < -0.4 is 0 Å². The van der Waals surface area contributed by atoms with E-state index < -0.39 is 12.0 Å². The Hall–Kier alpha value is -1.08. The van der Waals surface area contributed by atoms with Crippen molar-refractivity contribution in [3.63, 3.8) is 0 Å². The van der Waals surface area contributed by atoms with Gasteiger partial charge in [-0.05, 0) is 28.1 Å². The van der Waals surface area contributed by atoms with E-state index in [0.29, 0.717) is 21.8 Å².